The van der Waals surface area contributed by atoms with Gasteiger partial charge in [0.1, 0.15) is 0 Å². The SMILES string of the molecule is CN1CCN(N=Nc2ccc(C3=NN(C(N)=O)C(c4ccccc4)C3)cc2)CC1. The van der Waals surface area contributed by atoms with Gasteiger partial charge in [-0.3, -0.25) is 5.01 Å². The molecule has 0 spiro atoms. The number of primary amides is 1. The number of benzene rings is 2. The van der Waals surface area contributed by atoms with Gasteiger partial charge in [0.25, 0.3) is 0 Å². The molecule has 2 N–H and O–H groups in total. The van der Waals surface area contributed by atoms with E-state index in [2.05, 4.69) is 27.4 Å². The van der Waals surface area contributed by atoms with E-state index in [0.29, 0.717) is 6.42 Å². The van der Waals surface area contributed by atoms with Crippen LogP contribution in [0.15, 0.2) is 70.0 Å². The van der Waals surface area contributed by atoms with Gasteiger partial charge in [-0.1, -0.05) is 47.7 Å². The Bertz CT molecular complexity index is 902. The molecule has 0 saturated carbocycles. The second-order valence-corrected chi connectivity index (χ2v) is 7.35. The molecule has 0 aliphatic carbocycles. The Balaban J connectivity index is 1.46. The first-order valence-corrected chi connectivity index (χ1v) is 9.77. The van der Waals surface area contributed by atoms with Gasteiger partial charge in [-0.2, -0.15) is 5.10 Å². The minimum absolute atomic E-state index is 0.180. The van der Waals surface area contributed by atoms with Crippen LogP contribution in [0.4, 0.5) is 10.5 Å². The largest absolute Gasteiger partial charge is 0.350 e. The molecule has 4 rings (SSSR count). The van der Waals surface area contributed by atoms with Crippen LogP contribution in [-0.4, -0.2) is 59.9 Å². The summed E-state index contributed by atoms with van der Waals surface area (Å²) in [5.74, 6) is 0. The van der Waals surface area contributed by atoms with Crippen molar-refractivity contribution in [2.75, 3.05) is 33.2 Å². The Kier molecular flexibility index (Phi) is 5.53. The first-order chi connectivity index (χ1) is 14.1. The zero-order chi connectivity index (χ0) is 20.2. The maximum atomic E-state index is 11.9. The van der Waals surface area contributed by atoms with Crippen LogP contribution in [0.2, 0.25) is 0 Å². The first kappa shape index (κ1) is 19.1. The van der Waals surface area contributed by atoms with E-state index >= 15 is 0 Å². The number of hydrogen-bond acceptors (Lipinski definition) is 5. The summed E-state index contributed by atoms with van der Waals surface area (Å²) in [5.41, 5.74) is 9.15. The molecule has 2 heterocycles. The summed E-state index contributed by atoms with van der Waals surface area (Å²) in [4.78, 5) is 14.2. The first-order valence-electron chi connectivity index (χ1n) is 9.77. The van der Waals surface area contributed by atoms with Gasteiger partial charge in [0.2, 0.25) is 0 Å². The molecule has 0 bridgehead atoms. The van der Waals surface area contributed by atoms with E-state index in [1.807, 2.05) is 59.6 Å². The monoisotopic (exact) mass is 391 g/mol. The fourth-order valence-corrected chi connectivity index (χ4v) is 3.54. The van der Waals surface area contributed by atoms with Gasteiger partial charge in [0.05, 0.1) is 30.5 Å². The Hall–Kier alpha value is -3.26. The van der Waals surface area contributed by atoms with Crippen molar-refractivity contribution in [2.45, 2.75) is 12.5 Å². The predicted molar refractivity (Wildman–Crippen MR) is 112 cm³/mol. The highest BCUT2D eigenvalue weighted by atomic mass is 16.2. The highest BCUT2D eigenvalue weighted by molar-refractivity contribution is 6.03. The number of urea groups is 1. The zero-order valence-corrected chi connectivity index (χ0v) is 16.5. The van der Waals surface area contributed by atoms with Crippen LogP contribution >= 0.6 is 0 Å². The van der Waals surface area contributed by atoms with Crippen molar-refractivity contribution >= 4 is 17.4 Å². The molecule has 2 aromatic carbocycles. The molecule has 2 aromatic rings. The van der Waals surface area contributed by atoms with Crippen LogP contribution in [0.25, 0.3) is 0 Å². The van der Waals surface area contributed by atoms with Crippen LogP contribution in [0.3, 0.4) is 0 Å². The zero-order valence-electron chi connectivity index (χ0n) is 16.5. The van der Waals surface area contributed by atoms with Crippen LogP contribution < -0.4 is 5.73 Å². The third kappa shape index (κ3) is 4.43. The highest BCUT2D eigenvalue weighted by Gasteiger charge is 2.31. The van der Waals surface area contributed by atoms with E-state index in [0.717, 1.165) is 48.7 Å². The lowest BCUT2D eigenvalue weighted by atomic mass is 9.98. The number of nitrogens with two attached hydrogens (primary N) is 1. The summed E-state index contributed by atoms with van der Waals surface area (Å²) >= 11 is 0. The molecular weight excluding hydrogens is 366 g/mol. The average Bonchev–Trinajstić information content (AvgIpc) is 3.20. The molecule has 0 aromatic heterocycles. The average molecular weight is 391 g/mol. The number of piperazine rings is 1. The predicted octanol–water partition coefficient (Wildman–Crippen LogP) is 3.16. The van der Waals surface area contributed by atoms with Gasteiger partial charge in [-0.05, 0) is 30.3 Å². The normalized spacial score (nSPS) is 20.3. The smallest absolute Gasteiger partial charge is 0.335 e. The Morgan fingerprint density at radius 2 is 1.72 bits per heavy atom. The van der Waals surface area contributed by atoms with Crippen molar-refractivity contribution in [1.82, 2.24) is 14.9 Å². The molecule has 150 valence electrons. The number of rotatable bonds is 4. The summed E-state index contributed by atoms with van der Waals surface area (Å²) in [6.07, 6.45) is 0.620. The summed E-state index contributed by atoms with van der Waals surface area (Å²) in [6.45, 7) is 3.77. The number of nitrogens with zero attached hydrogens (tertiary/aromatic N) is 6. The molecule has 1 fully saturated rings. The Labute approximate surface area is 170 Å². The molecule has 2 aliphatic rings. The summed E-state index contributed by atoms with van der Waals surface area (Å²) in [5, 5.41) is 16.5. The number of likely N-dealkylation sites (N-methyl/N-ethyl adjacent to an activating group) is 1. The topological polar surface area (TPSA) is 89.9 Å². The number of carbonyl (C=O) groups is 1. The summed E-state index contributed by atoms with van der Waals surface area (Å²) in [7, 11) is 2.11. The van der Waals surface area contributed by atoms with Crippen LogP contribution in [-0.2, 0) is 0 Å². The fourth-order valence-electron chi connectivity index (χ4n) is 3.54. The lowest BCUT2D eigenvalue weighted by molar-refractivity contribution is 0.150. The van der Waals surface area contributed by atoms with Gasteiger partial charge in [-0.15, -0.1) is 5.11 Å². The Morgan fingerprint density at radius 3 is 2.38 bits per heavy atom. The quantitative estimate of drug-likeness (QED) is 0.812. The van der Waals surface area contributed by atoms with Gasteiger partial charge < -0.3 is 10.6 Å². The molecule has 1 unspecified atom stereocenters. The molecule has 1 atom stereocenters. The van der Waals surface area contributed by atoms with E-state index in [-0.39, 0.29) is 6.04 Å². The molecule has 2 amide bonds. The van der Waals surface area contributed by atoms with Gasteiger partial charge >= 0.3 is 6.03 Å². The van der Waals surface area contributed by atoms with E-state index in [9.17, 15) is 4.79 Å². The van der Waals surface area contributed by atoms with Gasteiger partial charge in [0, 0.05) is 19.5 Å². The molecule has 0 radical (unpaired) electrons. The van der Waals surface area contributed by atoms with E-state index < -0.39 is 6.03 Å². The number of hydrogen-bond donors (Lipinski definition) is 1. The third-order valence-electron chi connectivity index (χ3n) is 5.29. The van der Waals surface area contributed by atoms with E-state index in [4.69, 9.17) is 5.73 Å². The molecule has 1 saturated heterocycles. The maximum Gasteiger partial charge on any atom is 0.335 e. The standard InChI is InChI=1S/C21H25N7O/c1-26-11-13-27(14-12-26)25-23-18-9-7-16(8-10-18)19-15-20(28(24-19)21(22)29)17-5-3-2-4-6-17/h2-10,20H,11-15H2,1H3,(H2,22,29). The third-order valence-corrected chi connectivity index (χ3v) is 5.29. The second kappa shape index (κ2) is 8.40. The highest BCUT2D eigenvalue weighted by Crippen LogP contribution is 2.32. The van der Waals surface area contributed by atoms with Gasteiger partial charge in [0.15, 0.2) is 0 Å². The van der Waals surface area contributed by atoms with Crippen molar-refractivity contribution < 1.29 is 4.79 Å². The lowest BCUT2D eigenvalue weighted by Crippen LogP contribution is -2.41. The second-order valence-electron chi connectivity index (χ2n) is 7.35. The maximum absolute atomic E-state index is 11.9. The lowest BCUT2D eigenvalue weighted by Gasteiger charge is -2.29. The molecule has 8 heteroatoms. The molecule has 2 aliphatic heterocycles. The van der Waals surface area contributed by atoms with Crippen LogP contribution in [0.1, 0.15) is 23.6 Å². The van der Waals surface area contributed by atoms with Crippen molar-refractivity contribution in [2.24, 2.45) is 21.2 Å². The summed E-state index contributed by atoms with van der Waals surface area (Å²) in [6, 6.07) is 16.9. The molecular formula is C21H25N7O. The van der Waals surface area contributed by atoms with Crippen molar-refractivity contribution in [3.8, 4) is 0 Å². The number of carbonyl (C=O) groups excluding carboxylic acids is 1. The fraction of sp³-hybridized carbons (Fsp3) is 0.333. The minimum Gasteiger partial charge on any atom is -0.350 e. The van der Waals surface area contributed by atoms with Crippen molar-refractivity contribution in [3.05, 3.63) is 65.7 Å². The minimum atomic E-state index is -0.550. The number of hydrazone groups is 1. The molecule has 8 nitrogen and oxygen atoms in total. The van der Waals surface area contributed by atoms with Crippen molar-refractivity contribution in [3.63, 3.8) is 0 Å². The van der Waals surface area contributed by atoms with Crippen molar-refractivity contribution in [1.29, 1.82) is 0 Å². The van der Waals surface area contributed by atoms with Crippen LogP contribution in [0, 0.1) is 0 Å². The Morgan fingerprint density at radius 1 is 1.03 bits per heavy atom. The number of amides is 2. The van der Waals surface area contributed by atoms with E-state index in [1.54, 1.807) is 0 Å². The van der Waals surface area contributed by atoms with E-state index in [1.165, 1.54) is 5.01 Å². The van der Waals surface area contributed by atoms with Gasteiger partial charge in [-0.25, -0.2) is 9.80 Å². The molecule has 29 heavy (non-hydrogen) atoms. The van der Waals surface area contributed by atoms with Crippen LogP contribution in [0.5, 0.6) is 0 Å². The summed E-state index contributed by atoms with van der Waals surface area (Å²) < 4.78 is 0.